The van der Waals surface area contributed by atoms with Crippen LogP contribution in [0, 0.1) is 34.5 Å². The van der Waals surface area contributed by atoms with Crippen LogP contribution in [0.2, 0.25) is 0 Å². The van der Waals surface area contributed by atoms with E-state index < -0.39 is 71.0 Å². The van der Waals surface area contributed by atoms with Gasteiger partial charge in [0.05, 0.1) is 12.6 Å². The molecule has 8 atom stereocenters. The predicted molar refractivity (Wildman–Crippen MR) is 171 cm³/mol. The third kappa shape index (κ3) is 6.04. The summed E-state index contributed by atoms with van der Waals surface area (Å²) >= 11 is 0. The summed E-state index contributed by atoms with van der Waals surface area (Å²) in [6.07, 6.45) is 0.256. The van der Waals surface area contributed by atoms with E-state index in [2.05, 4.69) is 21.7 Å². The Morgan fingerprint density at radius 2 is 1.94 bits per heavy atom. The molecule has 254 valence electrons. The Morgan fingerprint density at radius 1 is 1.19 bits per heavy atom. The molecule has 0 radical (unpaired) electrons. The maximum Gasteiger partial charge on any atom is 0.408 e. The number of aromatic nitrogens is 1. The van der Waals surface area contributed by atoms with Crippen molar-refractivity contribution in [3.05, 3.63) is 54.2 Å². The van der Waals surface area contributed by atoms with Gasteiger partial charge in [0.15, 0.2) is 11.6 Å². The van der Waals surface area contributed by atoms with Gasteiger partial charge in [-0.05, 0) is 53.7 Å². The normalized spacial score (nSPS) is 30.0. The molecular formula is C35H41FN6O6. The number of hydrogen-bond donors (Lipinski definition) is 2. The molecule has 1 aromatic heterocycles. The second-order valence-corrected chi connectivity index (χ2v) is 14.4. The number of nitriles is 1. The fraction of sp³-hybridized carbons (Fsp3) is 0.543. The molecule has 4 heterocycles. The van der Waals surface area contributed by atoms with Crippen LogP contribution in [0.5, 0.6) is 5.75 Å². The highest BCUT2D eigenvalue weighted by molar-refractivity contribution is 6.01. The van der Waals surface area contributed by atoms with Gasteiger partial charge in [-0.1, -0.05) is 58.0 Å². The fourth-order valence-corrected chi connectivity index (χ4v) is 7.73. The van der Waals surface area contributed by atoms with Crippen molar-refractivity contribution in [3.8, 4) is 11.8 Å². The highest BCUT2D eigenvalue weighted by atomic mass is 19.1. The molecule has 48 heavy (non-hydrogen) atoms. The van der Waals surface area contributed by atoms with E-state index in [0.717, 1.165) is 5.56 Å². The molecule has 0 unspecified atom stereocenters. The fourth-order valence-electron chi connectivity index (χ4n) is 7.73. The van der Waals surface area contributed by atoms with E-state index in [0.29, 0.717) is 18.6 Å². The van der Waals surface area contributed by atoms with Gasteiger partial charge in [0.2, 0.25) is 17.4 Å². The molecular weight excluding hydrogens is 619 g/mol. The molecule has 1 aliphatic carbocycles. The number of likely N-dealkylation sites (tertiary alicyclic amines) is 2. The lowest BCUT2D eigenvalue weighted by atomic mass is 9.70. The quantitative estimate of drug-likeness (QED) is 0.491. The summed E-state index contributed by atoms with van der Waals surface area (Å²) in [5, 5.41) is 15.7. The zero-order valence-electron chi connectivity index (χ0n) is 27.5. The second-order valence-electron chi connectivity index (χ2n) is 14.4. The molecule has 4 aliphatic rings. The van der Waals surface area contributed by atoms with Crippen molar-refractivity contribution in [2.75, 3.05) is 18.4 Å². The smallest absolute Gasteiger partial charge is 0.408 e. The number of benzene rings is 1. The number of rotatable bonds is 5. The van der Waals surface area contributed by atoms with E-state index in [4.69, 9.17) is 9.47 Å². The second kappa shape index (κ2) is 12.7. The first-order valence-electron chi connectivity index (χ1n) is 16.4. The molecule has 2 aromatic rings. The Labute approximate surface area is 278 Å². The van der Waals surface area contributed by atoms with E-state index in [9.17, 15) is 24.4 Å². The predicted octanol–water partition coefficient (Wildman–Crippen LogP) is 3.83. The van der Waals surface area contributed by atoms with Gasteiger partial charge in [0, 0.05) is 19.2 Å². The van der Waals surface area contributed by atoms with Crippen molar-refractivity contribution in [2.24, 2.45) is 23.2 Å². The van der Waals surface area contributed by atoms with Crippen molar-refractivity contribution in [3.63, 3.8) is 0 Å². The van der Waals surface area contributed by atoms with Crippen molar-refractivity contribution >= 4 is 29.6 Å². The zero-order valence-corrected chi connectivity index (χ0v) is 27.5. The van der Waals surface area contributed by atoms with Gasteiger partial charge in [-0.15, -0.1) is 0 Å². The number of ether oxygens (including phenoxy) is 2. The van der Waals surface area contributed by atoms with Crippen LogP contribution in [-0.2, 0) is 25.7 Å². The number of amides is 4. The Morgan fingerprint density at radius 3 is 2.65 bits per heavy atom. The summed E-state index contributed by atoms with van der Waals surface area (Å²) in [5.41, 5.74) is -1.56. The molecule has 13 heteroatoms. The van der Waals surface area contributed by atoms with Crippen molar-refractivity contribution in [1.82, 2.24) is 20.1 Å². The van der Waals surface area contributed by atoms with Crippen molar-refractivity contribution in [1.29, 1.82) is 5.26 Å². The molecule has 1 spiro atoms. The van der Waals surface area contributed by atoms with E-state index >= 15 is 4.39 Å². The molecule has 2 N–H and O–H groups in total. The number of carbonyl (C=O) groups is 4. The van der Waals surface area contributed by atoms with Crippen LogP contribution >= 0.6 is 0 Å². The van der Waals surface area contributed by atoms with Crippen LogP contribution in [-0.4, -0.2) is 81.6 Å². The molecule has 1 saturated carbocycles. The van der Waals surface area contributed by atoms with E-state index in [1.54, 1.807) is 39.8 Å². The first-order chi connectivity index (χ1) is 22.8. The molecule has 2 saturated heterocycles. The molecule has 0 bridgehead atoms. The van der Waals surface area contributed by atoms with Gasteiger partial charge in [-0.2, -0.15) is 5.26 Å². The number of carbonyl (C=O) groups excluding carboxylic acids is 4. The topological polar surface area (TPSA) is 154 Å². The minimum Gasteiger partial charge on any atom is -0.472 e. The number of alkyl carbamates (subject to hydrolysis) is 1. The lowest BCUT2D eigenvalue weighted by Gasteiger charge is -2.40. The Bertz CT molecular complexity index is 1630. The van der Waals surface area contributed by atoms with Gasteiger partial charge in [-0.3, -0.25) is 14.4 Å². The van der Waals surface area contributed by atoms with Gasteiger partial charge in [0.1, 0.15) is 30.9 Å². The number of nitrogens with zero attached hydrogens (tertiary/aromatic N) is 4. The average molecular weight is 661 g/mol. The van der Waals surface area contributed by atoms with Gasteiger partial charge in [0.25, 0.3) is 5.91 Å². The van der Waals surface area contributed by atoms with E-state index in [1.807, 2.05) is 30.3 Å². The van der Waals surface area contributed by atoms with Crippen LogP contribution in [0.15, 0.2) is 48.7 Å². The number of alkyl halides is 1. The Balaban J connectivity index is 1.29. The Hall–Kier alpha value is -4.73. The zero-order chi connectivity index (χ0) is 34.4. The highest BCUT2D eigenvalue weighted by Crippen LogP contribution is 2.47. The number of hydrogen-bond acceptors (Lipinski definition) is 8. The lowest BCUT2D eigenvalue weighted by Crippen LogP contribution is -2.60. The van der Waals surface area contributed by atoms with E-state index in [-0.39, 0.29) is 37.9 Å². The molecule has 3 aliphatic heterocycles. The third-order valence-corrected chi connectivity index (χ3v) is 10.3. The standard InChI is InChI=1S/C35H41FN6O6/c1-20-24(36)13-12-22-17-41(31(44)28(34(2,3)4)39-33(46)47-18-21-9-6-5-7-10-21)27(26(20)22)30(43)42-19-35(15-23(42)16-37)32(45)40-29-25(48-35)11-8-14-38-29/h5-11,14,20,22-24,26-28H,12-13,15,17-19H2,1-4H3,(H,39,46)(H,38,40,45)/t20-,22+,23+,24-,26+,27+,28-,35-/m1/s1. The molecule has 1 aromatic carbocycles. The van der Waals surface area contributed by atoms with Crippen LogP contribution in [0.1, 0.15) is 52.5 Å². The van der Waals surface area contributed by atoms with Crippen LogP contribution < -0.4 is 15.4 Å². The summed E-state index contributed by atoms with van der Waals surface area (Å²) < 4.78 is 26.9. The maximum atomic E-state index is 15.3. The van der Waals surface area contributed by atoms with Gasteiger partial charge < -0.3 is 29.9 Å². The number of anilines is 1. The largest absolute Gasteiger partial charge is 0.472 e. The summed E-state index contributed by atoms with van der Waals surface area (Å²) in [4.78, 5) is 62.5. The average Bonchev–Trinajstić information content (AvgIpc) is 3.64. The lowest BCUT2D eigenvalue weighted by molar-refractivity contribution is -0.149. The minimum atomic E-state index is -1.54. The van der Waals surface area contributed by atoms with Crippen molar-refractivity contribution in [2.45, 2.75) is 83.5 Å². The number of halogens is 1. The minimum absolute atomic E-state index is 0.00451. The molecule has 4 amide bonds. The summed E-state index contributed by atoms with van der Waals surface area (Å²) in [5.74, 6) is -2.25. The molecule has 3 fully saturated rings. The van der Waals surface area contributed by atoms with Crippen molar-refractivity contribution < 1.29 is 33.0 Å². The third-order valence-electron chi connectivity index (χ3n) is 10.3. The molecule has 6 rings (SSSR count). The maximum absolute atomic E-state index is 15.3. The summed E-state index contributed by atoms with van der Waals surface area (Å²) in [6, 6.07) is 11.3. The number of nitrogens with one attached hydrogen (secondary N) is 2. The van der Waals surface area contributed by atoms with Crippen LogP contribution in [0.25, 0.3) is 0 Å². The summed E-state index contributed by atoms with van der Waals surface area (Å²) in [6.45, 7) is 7.12. The number of fused-ring (bicyclic) bond motifs is 2. The van der Waals surface area contributed by atoms with Gasteiger partial charge in [-0.25, -0.2) is 14.2 Å². The summed E-state index contributed by atoms with van der Waals surface area (Å²) in [7, 11) is 0. The van der Waals surface area contributed by atoms with Crippen LogP contribution in [0.4, 0.5) is 15.0 Å². The monoisotopic (exact) mass is 660 g/mol. The number of pyridine rings is 1. The first-order valence-corrected chi connectivity index (χ1v) is 16.4. The molecule has 12 nitrogen and oxygen atoms in total. The first kappa shape index (κ1) is 33.2. The SMILES string of the molecule is C[C@H]1[C@H]2[C@@H](CC[C@H]1F)CN(C(=O)[C@@H](NC(=O)OCc1ccccc1)C(C)(C)C)[C@@H]2C(=O)N1C[C@@]2(C[C@H]1C#N)Oc1cccnc1NC2=O. The van der Waals surface area contributed by atoms with Gasteiger partial charge >= 0.3 is 6.09 Å². The highest BCUT2D eigenvalue weighted by Gasteiger charge is 2.60. The van der Waals surface area contributed by atoms with Crippen LogP contribution in [0.3, 0.4) is 0 Å². The van der Waals surface area contributed by atoms with E-state index in [1.165, 1.54) is 16.0 Å². The Kier molecular flexibility index (Phi) is 8.78.